The van der Waals surface area contributed by atoms with Gasteiger partial charge in [-0.05, 0) is 37.1 Å². The summed E-state index contributed by atoms with van der Waals surface area (Å²) in [4.78, 5) is 26.0. The zero-order valence-electron chi connectivity index (χ0n) is 16.4. The Kier molecular flexibility index (Phi) is 7.06. The Morgan fingerprint density at radius 1 is 0.750 bits per heavy atom. The molecule has 1 aliphatic rings. The lowest BCUT2D eigenvalue weighted by molar-refractivity contribution is 0.0647. The van der Waals surface area contributed by atoms with Gasteiger partial charge < -0.3 is 9.47 Å². The summed E-state index contributed by atoms with van der Waals surface area (Å²) >= 11 is 0. The second-order valence-corrected chi connectivity index (χ2v) is 6.89. The van der Waals surface area contributed by atoms with E-state index in [1.807, 2.05) is 24.3 Å². The van der Waals surface area contributed by atoms with Crippen LogP contribution >= 0.6 is 0 Å². The molecule has 2 aromatic carbocycles. The number of fused-ring (bicyclic) bond motifs is 1. The third-order valence-electron chi connectivity index (χ3n) is 4.75. The Hall–Kier alpha value is -2.82. The van der Waals surface area contributed by atoms with Crippen molar-refractivity contribution in [2.24, 2.45) is 0 Å². The summed E-state index contributed by atoms with van der Waals surface area (Å²) in [5.41, 5.74) is 0.967. The van der Waals surface area contributed by atoms with Gasteiger partial charge in [0.25, 0.3) is 11.8 Å². The fourth-order valence-electron chi connectivity index (χ4n) is 3.23. The lowest BCUT2D eigenvalue weighted by atomic mass is 10.1. The minimum Gasteiger partial charge on any atom is -0.493 e. The van der Waals surface area contributed by atoms with E-state index >= 15 is 0 Å². The van der Waals surface area contributed by atoms with E-state index in [-0.39, 0.29) is 11.8 Å². The number of ether oxygens (including phenoxy) is 2. The molecular formula is C23H27NO4. The molecule has 0 bridgehead atoms. The maximum Gasteiger partial charge on any atom is 0.261 e. The summed E-state index contributed by atoms with van der Waals surface area (Å²) in [6.07, 6.45) is 5.26. The molecule has 0 saturated carbocycles. The second kappa shape index (κ2) is 9.93. The minimum absolute atomic E-state index is 0.223. The number of imide groups is 1. The highest BCUT2D eigenvalue weighted by Gasteiger charge is 2.34. The Bertz CT molecular complexity index is 783. The number of amides is 2. The predicted molar refractivity (Wildman–Crippen MR) is 108 cm³/mol. The molecule has 5 heteroatoms. The summed E-state index contributed by atoms with van der Waals surface area (Å²) in [6, 6.07) is 14.5. The molecule has 1 aliphatic heterocycles. The van der Waals surface area contributed by atoms with Crippen LogP contribution < -0.4 is 9.47 Å². The summed E-state index contributed by atoms with van der Waals surface area (Å²) in [7, 11) is 0. The summed E-state index contributed by atoms with van der Waals surface area (Å²) in [5, 5.41) is 0. The van der Waals surface area contributed by atoms with Crippen LogP contribution in [0, 0.1) is 0 Å². The van der Waals surface area contributed by atoms with Crippen molar-refractivity contribution in [1.29, 1.82) is 0 Å². The van der Waals surface area contributed by atoms with Gasteiger partial charge >= 0.3 is 0 Å². The van der Waals surface area contributed by atoms with Gasteiger partial charge in [-0.15, -0.1) is 0 Å². The molecular weight excluding hydrogens is 354 g/mol. The molecule has 0 unspecified atom stereocenters. The third kappa shape index (κ3) is 4.91. The predicted octanol–water partition coefficient (Wildman–Crippen LogP) is 4.71. The van der Waals surface area contributed by atoms with Crippen molar-refractivity contribution in [2.75, 3.05) is 19.8 Å². The first-order valence-corrected chi connectivity index (χ1v) is 10.0. The number of rotatable bonds is 11. The Morgan fingerprint density at radius 2 is 1.36 bits per heavy atom. The van der Waals surface area contributed by atoms with Crippen molar-refractivity contribution in [2.45, 2.75) is 39.0 Å². The van der Waals surface area contributed by atoms with E-state index in [9.17, 15) is 9.59 Å². The molecule has 0 atom stereocenters. The van der Waals surface area contributed by atoms with E-state index in [0.717, 1.165) is 17.9 Å². The summed E-state index contributed by atoms with van der Waals surface area (Å²) in [6.45, 7) is 3.67. The van der Waals surface area contributed by atoms with Crippen molar-refractivity contribution in [3.63, 3.8) is 0 Å². The Morgan fingerprint density at radius 3 is 1.96 bits per heavy atom. The van der Waals surface area contributed by atoms with Gasteiger partial charge in [0.05, 0.1) is 24.3 Å². The molecule has 0 N–H and O–H groups in total. The molecule has 2 aromatic rings. The van der Waals surface area contributed by atoms with Gasteiger partial charge in [-0.2, -0.15) is 0 Å². The van der Waals surface area contributed by atoms with Gasteiger partial charge in [0.1, 0.15) is 11.5 Å². The first kappa shape index (κ1) is 19.9. The van der Waals surface area contributed by atoms with Crippen molar-refractivity contribution >= 4 is 11.8 Å². The third-order valence-corrected chi connectivity index (χ3v) is 4.75. The van der Waals surface area contributed by atoms with Crippen LogP contribution in [-0.4, -0.2) is 36.5 Å². The van der Waals surface area contributed by atoms with E-state index in [0.29, 0.717) is 37.3 Å². The highest BCUT2D eigenvalue weighted by molar-refractivity contribution is 6.21. The molecule has 0 aromatic heterocycles. The van der Waals surface area contributed by atoms with E-state index < -0.39 is 0 Å². The largest absolute Gasteiger partial charge is 0.493 e. The summed E-state index contributed by atoms with van der Waals surface area (Å²) < 4.78 is 11.5. The van der Waals surface area contributed by atoms with Gasteiger partial charge in [0, 0.05) is 12.6 Å². The maximum atomic E-state index is 12.3. The van der Waals surface area contributed by atoms with E-state index in [4.69, 9.17) is 9.47 Å². The lowest BCUT2D eigenvalue weighted by Crippen LogP contribution is -2.31. The average molecular weight is 381 g/mol. The van der Waals surface area contributed by atoms with Crippen molar-refractivity contribution in [3.8, 4) is 11.5 Å². The molecule has 0 aliphatic carbocycles. The molecule has 0 fully saturated rings. The Balaban J connectivity index is 1.42. The zero-order valence-corrected chi connectivity index (χ0v) is 16.4. The number of benzene rings is 2. The average Bonchev–Trinajstić information content (AvgIpc) is 2.96. The van der Waals surface area contributed by atoms with Crippen LogP contribution in [0.4, 0.5) is 0 Å². The smallest absolute Gasteiger partial charge is 0.261 e. The van der Waals surface area contributed by atoms with Crippen LogP contribution in [0.5, 0.6) is 11.5 Å². The van der Waals surface area contributed by atoms with Crippen molar-refractivity contribution in [1.82, 2.24) is 4.90 Å². The van der Waals surface area contributed by atoms with Crippen LogP contribution in [-0.2, 0) is 0 Å². The molecule has 0 radical (unpaired) electrons. The van der Waals surface area contributed by atoms with Gasteiger partial charge in [0.2, 0.25) is 0 Å². The van der Waals surface area contributed by atoms with Gasteiger partial charge in [-0.25, -0.2) is 0 Å². The van der Waals surface area contributed by atoms with Crippen LogP contribution in [0.1, 0.15) is 59.7 Å². The van der Waals surface area contributed by atoms with Crippen LogP contribution in [0.2, 0.25) is 0 Å². The minimum atomic E-state index is -0.223. The number of carbonyl (C=O) groups excluding carboxylic acids is 2. The first-order valence-electron chi connectivity index (χ1n) is 10.0. The molecule has 5 nitrogen and oxygen atoms in total. The number of hydrogen-bond donors (Lipinski definition) is 0. The van der Waals surface area contributed by atoms with Crippen LogP contribution in [0.3, 0.4) is 0 Å². The monoisotopic (exact) mass is 381 g/mol. The molecule has 3 rings (SSSR count). The van der Waals surface area contributed by atoms with Gasteiger partial charge in [-0.3, -0.25) is 14.5 Å². The standard InChI is InChI=1S/C23H27NO4/c1-2-3-4-7-15-27-18-10-8-11-19(17-18)28-16-9-14-24-22(25)20-12-5-6-13-21(20)23(24)26/h5-6,8,10-13,17H,2-4,7,9,14-16H2,1H3. The zero-order chi connectivity index (χ0) is 19.8. The fraction of sp³-hybridized carbons (Fsp3) is 0.391. The molecule has 28 heavy (non-hydrogen) atoms. The number of carbonyl (C=O) groups is 2. The summed E-state index contributed by atoms with van der Waals surface area (Å²) in [5.74, 6) is 1.08. The second-order valence-electron chi connectivity index (χ2n) is 6.89. The first-order chi connectivity index (χ1) is 13.7. The van der Waals surface area contributed by atoms with Crippen molar-refractivity contribution < 1.29 is 19.1 Å². The molecule has 0 saturated heterocycles. The topological polar surface area (TPSA) is 55.8 Å². The Labute approximate surface area is 166 Å². The highest BCUT2D eigenvalue weighted by Crippen LogP contribution is 2.23. The molecule has 0 spiro atoms. The number of hydrogen-bond acceptors (Lipinski definition) is 4. The van der Waals surface area contributed by atoms with Gasteiger partial charge in [-0.1, -0.05) is 44.4 Å². The number of unbranched alkanes of at least 4 members (excludes halogenated alkanes) is 3. The van der Waals surface area contributed by atoms with E-state index in [2.05, 4.69) is 6.92 Å². The fourth-order valence-corrected chi connectivity index (χ4v) is 3.23. The highest BCUT2D eigenvalue weighted by atomic mass is 16.5. The SMILES string of the molecule is CCCCCCOc1cccc(OCCCN2C(=O)c3ccccc3C2=O)c1. The lowest BCUT2D eigenvalue weighted by Gasteiger charge is -2.14. The normalized spacial score (nSPS) is 13.0. The molecule has 2 amide bonds. The molecule has 148 valence electrons. The van der Waals surface area contributed by atoms with E-state index in [1.165, 1.54) is 24.2 Å². The quantitative estimate of drug-likeness (QED) is 0.418. The van der Waals surface area contributed by atoms with Gasteiger partial charge in [0.15, 0.2) is 0 Å². The van der Waals surface area contributed by atoms with E-state index in [1.54, 1.807) is 24.3 Å². The number of nitrogens with zero attached hydrogens (tertiary/aromatic N) is 1. The van der Waals surface area contributed by atoms with Crippen molar-refractivity contribution in [3.05, 3.63) is 59.7 Å². The van der Waals surface area contributed by atoms with Crippen LogP contribution in [0.15, 0.2) is 48.5 Å². The van der Waals surface area contributed by atoms with Crippen LogP contribution in [0.25, 0.3) is 0 Å². The maximum absolute atomic E-state index is 12.3. The molecule has 1 heterocycles.